The number of nitrogens with one attached hydrogen (secondary N) is 1. The van der Waals surface area contributed by atoms with Crippen molar-refractivity contribution in [3.05, 3.63) is 60.0 Å². The molecule has 2 aromatic carbocycles. The average molecular weight is 481 g/mol. The molecule has 9 heteroatoms. The number of amides is 1. The number of carbonyl (C=O) groups excluding carboxylic acids is 1. The summed E-state index contributed by atoms with van der Waals surface area (Å²) in [5.41, 5.74) is 2.64. The van der Waals surface area contributed by atoms with Crippen LogP contribution >= 0.6 is 0 Å². The molecule has 1 aromatic heterocycles. The van der Waals surface area contributed by atoms with Crippen molar-refractivity contribution in [2.45, 2.75) is 49.8 Å². The average Bonchev–Trinajstić information content (AvgIpc) is 3.61. The minimum Gasteiger partial charge on any atom is -0.339 e. The third-order valence-electron chi connectivity index (χ3n) is 6.60. The fourth-order valence-electron chi connectivity index (χ4n) is 4.32. The maximum absolute atomic E-state index is 13.2. The molecule has 0 spiro atoms. The topological polar surface area (TPSA) is 105 Å². The number of nitrogens with zero attached hydrogens (tertiary/aromatic N) is 3. The number of aromatic nitrogens is 2. The van der Waals surface area contributed by atoms with Crippen LogP contribution < -0.4 is 5.32 Å². The molecule has 8 nitrogen and oxygen atoms in total. The van der Waals surface area contributed by atoms with Gasteiger partial charge in [0.2, 0.25) is 27.6 Å². The summed E-state index contributed by atoms with van der Waals surface area (Å²) in [7, 11) is -3.64. The lowest BCUT2D eigenvalue weighted by Gasteiger charge is -2.30. The molecule has 0 bridgehead atoms. The van der Waals surface area contributed by atoms with E-state index in [2.05, 4.69) is 22.4 Å². The molecule has 1 saturated carbocycles. The molecule has 1 aliphatic heterocycles. The molecule has 1 saturated heterocycles. The Bertz CT molecular complexity index is 1270. The number of carbonyl (C=O) groups is 1. The zero-order valence-electron chi connectivity index (χ0n) is 19.1. The van der Waals surface area contributed by atoms with Crippen molar-refractivity contribution < 1.29 is 17.7 Å². The first-order valence-corrected chi connectivity index (χ1v) is 13.2. The second kappa shape index (κ2) is 9.31. The molecule has 1 N–H and O–H groups in total. The second-order valence-electron chi connectivity index (χ2n) is 8.93. The Kier molecular flexibility index (Phi) is 6.22. The quantitative estimate of drug-likeness (QED) is 0.543. The van der Waals surface area contributed by atoms with Crippen LogP contribution in [0.2, 0.25) is 0 Å². The molecule has 1 amide bonds. The normalized spacial score (nSPS) is 17.6. The Morgan fingerprint density at radius 2 is 1.76 bits per heavy atom. The van der Waals surface area contributed by atoms with Gasteiger partial charge in [-0.15, -0.1) is 0 Å². The van der Waals surface area contributed by atoms with Gasteiger partial charge in [0.1, 0.15) is 0 Å². The largest absolute Gasteiger partial charge is 0.339 e. The number of anilines is 1. The van der Waals surface area contributed by atoms with Crippen LogP contribution in [0.4, 0.5) is 5.69 Å². The third-order valence-corrected chi connectivity index (χ3v) is 8.51. The molecular weight excluding hydrogens is 452 g/mol. The van der Waals surface area contributed by atoms with E-state index in [-0.39, 0.29) is 16.7 Å². The SMILES string of the molecule is CCc1ccccc1NC(=O)C1CCN(S(=O)(=O)c2ccc(-c3noc(C4CC4)n3)cc2)CC1. The Balaban J connectivity index is 1.21. The van der Waals surface area contributed by atoms with Crippen LogP contribution in [0.3, 0.4) is 0 Å². The molecule has 2 aliphatic rings. The fourth-order valence-corrected chi connectivity index (χ4v) is 5.79. The van der Waals surface area contributed by atoms with E-state index in [1.807, 2.05) is 24.3 Å². The van der Waals surface area contributed by atoms with Crippen LogP contribution in [0.5, 0.6) is 0 Å². The van der Waals surface area contributed by atoms with Gasteiger partial charge in [0.15, 0.2) is 0 Å². The molecule has 178 valence electrons. The van der Waals surface area contributed by atoms with Crippen LogP contribution in [-0.2, 0) is 21.2 Å². The smallest absolute Gasteiger partial charge is 0.243 e. The third kappa shape index (κ3) is 4.63. The van der Waals surface area contributed by atoms with Gasteiger partial charge in [-0.1, -0.05) is 30.3 Å². The minimum absolute atomic E-state index is 0.0482. The summed E-state index contributed by atoms with van der Waals surface area (Å²) in [6, 6.07) is 14.3. The van der Waals surface area contributed by atoms with Gasteiger partial charge < -0.3 is 9.84 Å². The highest BCUT2D eigenvalue weighted by Gasteiger charge is 2.33. The number of para-hydroxylation sites is 1. The van der Waals surface area contributed by atoms with Crippen molar-refractivity contribution in [1.29, 1.82) is 0 Å². The van der Waals surface area contributed by atoms with Crippen molar-refractivity contribution in [3.8, 4) is 11.4 Å². The Morgan fingerprint density at radius 1 is 1.06 bits per heavy atom. The molecule has 2 heterocycles. The van der Waals surface area contributed by atoms with Crippen molar-refractivity contribution in [2.24, 2.45) is 5.92 Å². The van der Waals surface area contributed by atoms with Crippen molar-refractivity contribution in [1.82, 2.24) is 14.4 Å². The predicted octanol–water partition coefficient (Wildman–Crippen LogP) is 4.22. The second-order valence-corrected chi connectivity index (χ2v) is 10.9. The van der Waals surface area contributed by atoms with E-state index < -0.39 is 10.0 Å². The minimum atomic E-state index is -3.64. The van der Waals surface area contributed by atoms with E-state index in [0.717, 1.165) is 36.1 Å². The maximum atomic E-state index is 13.2. The lowest BCUT2D eigenvalue weighted by atomic mass is 9.97. The highest BCUT2D eigenvalue weighted by Crippen LogP contribution is 2.39. The fraction of sp³-hybridized carbons (Fsp3) is 0.400. The van der Waals surface area contributed by atoms with Gasteiger partial charge in [0.05, 0.1) is 4.90 Å². The first-order valence-electron chi connectivity index (χ1n) is 11.8. The maximum Gasteiger partial charge on any atom is 0.243 e. The van der Waals surface area contributed by atoms with Gasteiger partial charge in [0.25, 0.3) is 0 Å². The molecule has 5 rings (SSSR count). The van der Waals surface area contributed by atoms with Crippen molar-refractivity contribution in [2.75, 3.05) is 18.4 Å². The Labute approximate surface area is 199 Å². The van der Waals surface area contributed by atoms with Crippen molar-refractivity contribution in [3.63, 3.8) is 0 Å². The van der Waals surface area contributed by atoms with Gasteiger partial charge in [-0.05, 0) is 68.0 Å². The molecule has 3 aromatic rings. The van der Waals surface area contributed by atoms with E-state index in [4.69, 9.17) is 4.52 Å². The molecule has 1 aliphatic carbocycles. The van der Waals surface area contributed by atoms with Gasteiger partial charge in [-0.25, -0.2) is 8.42 Å². The molecule has 34 heavy (non-hydrogen) atoms. The summed E-state index contributed by atoms with van der Waals surface area (Å²) < 4.78 is 33.1. The van der Waals surface area contributed by atoms with E-state index in [9.17, 15) is 13.2 Å². The van der Waals surface area contributed by atoms with E-state index >= 15 is 0 Å². The monoisotopic (exact) mass is 480 g/mol. The molecule has 0 atom stereocenters. The zero-order chi connectivity index (χ0) is 23.7. The number of sulfonamides is 1. The number of aryl methyl sites for hydroxylation is 1. The molecule has 2 fully saturated rings. The van der Waals surface area contributed by atoms with Gasteiger partial charge in [0, 0.05) is 36.2 Å². The summed E-state index contributed by atoms with van der Waals surface area (Å²) in [5, 5.41) is 7.04. The van der Waals surface area contributed by atoms with Crippen LogP contribution in [0.15, 0.2) is 57.9 Å². The number of hydrogen-bond acceptors (Lipinski definition) is 6. The zero-order valence-corrected chi connectivity index (χ0v) is 19.9. The molecule has 0 radical (unpaired) electrons. The Morgan fingerprint density at radius 3 is 2.44 bits per heavy atom. The summed E-state index contributed by atoms with van der Waals surface area (Å²) in [4.78, 5) is 17.4. The van der Waals surface area contributed by atoms with E-state index in [0.29, 0.717) is 43.6 Å². The van der Waals surface area contributed by atoms with Crippen LogP contribution in [0.1, 0.15) is 50.0 Å². The number of piperidine rings is 1. The summed E-state index contributed by atoms with van der Waals surface area (Å²) in [6.45, 7) is 2.68. The summed E-state index contributed by atoms with van der Waals surface area (Å²) >= 11 is 0. The lowest BCUT2D eigenvalue weighted by Crippen LogP contribution is -2.41. The molecule has 0 unspecified atom stereocenters. The highest BCUT2D eigenvalue weighted by atomic mass is 32.2. The number of benzene rings is 2. The van der Waals surface area contributed by atoms with Gasteiger partial charge >= 0.3 is 0 Å². The summed E-state index contributed by atoms with van der Waals surface area (Å²) in [5.74, 6) is 1.23. The number of rotatable bonds is 7. The highest BCUT2D eigenvalue weighted by molar-refractivity contribution is 7.89. The van der Waals surface area contributed by atoms with E-state index in [1.54, 1.807) is 24.3 Å². The lowest BCUT2D eigenvalue weighted by molar-refractivity contribution is -0.120. The predicted molar refractivity (Wildman–Crippen MR) is 128 cm³/mol. The summed E-state index contributed by atoms with van der Waals surface area (Å²) in [6.07, 6.45) is 3.96. The number of hydrogen-bond donors (Lipinski definition) is 1. The van der Waals surface area contributed by atoms with Gasteiger partial charge in [-0.2, -0.15) is 9.29 Å². The van der Waals surface area contributed by atoms with Crippen LogP contribution in [0, 0.1) is 5.92 Å². The standard InChI is InChI=1S/C25H28N4O4S/c1-2-17-5-3-4-6-22(17)26-24(30)19-13-15-29(16-14-19)34(31,32)21-11-9-18(10-12-21)23-27-25(33-28-23)20-7-8-20/h3-6,9-12,19-20H,2,7-8,13-16H2,1H3,(H,26,30). The van der Waals surface area contributed by atoms with Crippen LogP contribution in [0.25, 0.3) is 11.4 Å². The van der Waals surface area contributed by atoms with Crippen LogP contribution in [-0.4, -0.2) is 41.9 Å². The first kappa shape index (κ1) is 22.7. The van der Waals surface area contributed by atoms with Gasteiger partial charge in [-0.3, -0.25) is 4.79 Å². The Hall–Kier alpha value is -3.04. The molecular formula is C25H28N4O4S. The van der Waals surface area contributed by atoms with E-state index in [1.165, 1.54) is 4.31 Å². The van der Waals surface area contributed by atoms with Crippen molar-refractivity contribution >= 4 is 21.6 Å². The first-order chi connectivity index (χ1) is 16.5.